The van der Waals surface area contributed by atoms with E-state index in [4.69, 9.17) is 0 Å². The van der Waals surface area contributed by atoms with Crippen molar-refractivity contribution in [2.24, 2.45) is 5.92 Å². The van der Waals surface area contributed by atoms with Gasteiger partial charge in [0.05, 0.1) is 0 Å². The zero-order chi connectivity index (χ0) is 13.9. The highest BCUT2D eigenvalue weighted by molar-refractivity contribution is 5.57. The van der Waals surface area contributed by atoms with Gasteiger partial charge in [0.2, 0.25) is 0 Å². The quantitative estimate of drug-likeness (QED) is 0.888. The second-order valence-electron chi connectivity index (χ2n) is 6.76. The van der Waals surface area contributed by atoms with Crippen LogP contribution >= 0.6 is 0 Å². The van der Waals surface area contributed by atoms with Crippen molar-refractivity contribution in [3.8, 4) is 0 Å². The minimum atomic E-state index is 0.701. The first-order valence-corrected chi connectivity index (χ1v) is 8.28. The highest BCUT2D eigenvalue weighted by atomic mass is 15.1. The molecule has 1 heterocycles. The summed E-state index contributed by atoms with van der Waals surface area (Å²) in [5.74, 6) is 1.58. The summed E-state index contributed by atoms with van der Waals surface area (Å²) < 4.78 is 0. The average molecular weight is 272 g/mol. The lowest BCUT2D eigenvalue weighted by Gasteiger charge is -2.36. The Hall–Kier alpha value is -1.02. The largest absolute Gasteiger partial charge is 0.384 e. The van der Waals surface area contributed by atoms with E-state index in [1.165, 1.54) is 49.9 Å². The monoisotopic (exact) mass is 272 g/mol. The van der Waals surface area contributed by atoms with Gasteiger partial charge in [-0.15, -0.1) is 0 Å². The summed E-state index contributed by atoms with van der Waals surface area (Å²) in [6.07, 6.45) is 6.96. The maximum Gasteiger partial charge on any atom is 0.0376 e. The van der Waals surface area contributed by atoms with Gasteiger partial charge >= 0.3 is 0 Å². The summed E-state index contributed by atoms with van der Waals surface area (Å²) in [7, 11) is 2.33. The number of fused-ring (bicyclic) bond motifs is 1. The average Bonchev–Trinajstić information content (AvgIpc) is 2.88. The van der Waals surface area contributed by atoms with Crippen LogP contribution in [0.1, 0.15) is 50.5 Å². The van der Waals surface area contributed by atoms with Crippen LogP contribution < -0.4 is 5.32 Å². The van der Waals surface area contributed by atoms with Crippen molar-refractivity contribution in [1.82, 2.24) is 4.90 Å². The SMILES string of the molecule is CC1CCCCC1N(C)CCC1CNc2ccccc21. The predicted octanol–water partition coefficient (Wildman–Crippen LogP) is 4.10. The van der Waals surface area contributed by atoms with Crippen LogP contribution in [0.15, 0.2) is 24.3 Å². The zero-order valence-electron chi connectivity index (χ0n) is 12.9. The van der Waals surface area contributed by atoms with Crippen molar-refractivity contribution < 1.29 is 0 Å². The van der Waals surface area contributed by atoms with Crippen molar-refractivity contribution in [3.05, 3.63) is 29.8 Å². The number of para-hydroxylation sites is 1. The van der Waals surface area contributed by atoms with Crippen LogP contribution in [0, 0.1) is 5.92 Å². The minimum absolute atomic E-state index is 0.701. The minimum Gasteiger partial charge on any atom is -0.384 e. The molecule has 110 valence electrons. The van der Waals surface area contributed by atoms with Crippen LogP contribution in [0.25, 0.3) is 0 Å². The van der Waals surface area contributed by atoms with Crippen LogP contribution in [-0.2, 0) is 0 Å². The van der Waals surface area contributed by atoms with Gasteiger partial charge in [0.1, 0.15) is 0 Å². The lowest BCUT2D eigenvalue weighted by Crippen LogP contribution is -2.39. The van der Waals surface area contributed by atoms with Gasteiger partial charge in [-0.05, 0) is 50.4 Å². The molecule has 20 heavy (non-hydrogen) atoms. The molecule has 3 rings (SSSR count). The van der Waals surface area contributed by atoms with Crippen LogP contribution in [0.4, 0.5) is 5.69 Å². The second kappa shape index (κ2) is 6.17. The molecule has 0 aromatic heterocycles. The molecular formula is C18H28N2. The Balaban J connectivity index is 1.55. The highest BCUT2D eigenvalue weighted by Gasteiger charge is 2.26. The summed E-state index contributed by atoms with van der Waals surface area (Å²) >= 11 is 0. The van der Waals surface area contributed by atoms with E-state index in [2.05, 4.69) is 48.5 Å². The number of hydrogen-bond donors (Lipinski definition) is 1. The Morgan fingerprint density at radius 1 is 1.20 bits per heavy atom. The number of hydrogen-bond acceptors (Lipinski definition) is 2. The Morgan fingerprint density at radius 2 is 2.00 bits per heavy atom. The Bertz CT molecular complexity index is 443. The third kappa shape index (κ3) is 2.85. The lowest BCUT2D eigenvalue weighted by atomic mass is 9.85. The maximum absolute atomic E-state index is 3.54. The molecular weight excluding hydrogens is 244 g/mol. The molecule has 1 aromatic carbocycles. The van der Waals surface area contributed by atoms with Crippen LogP contribution in [0.2, 0.25) is 0 Å². The molecule has 0 radical (unpaired) electrons. The molecule has 3 atom stereocenters. The smallest absolute Gasteiger partial charge is 0.0376 e. The lowest BCUT2D eigenvalue weighted by molar-refractivity contribution is 0.136. The van der Waals surface area contributed by atoms with E-state index in [0.29, 0.717) is 5.92 Å². The molecule has 0 spiro atoms. The Kier molecular flexibility index (Phi) is 4.30. The molecule has 3 unspecified atom stereocenters. The first-order valence-electron chi connectivity index (χ1n) is 8.28. The van der Waals surface area contributed by atoms with Crippen LogP contribution in [0.5, 0.6) is 0 Å². The number of nitrogens with one attached hydrogen (secondary N) is 1. The highest BCUT2D eigenvalue weighted by Crippen LogP contribution is 2.34. The molecule has 2 aliphatic rings. The third-order valence-electron chi connectivity index (χ3n) is 5.40. The molecule has 0 amide bonds. The molecule has 1 aromatic rings. The molecule has 2 nitrogen and oxygen atoms in total. The Morgan fingerprint density at radius 3 is 2.85 bits per heavy atom. The summed E-state index contributed by atoms with van der Waals surface area (Å²) in [5.41, 5.74) is 2.88. The molecule has 1 saturated carbocycles. The molecule has 1 fully saturated rings. The summed E-state index contributed by atoms with van der Waals surface area (Å²) in [5, 5.41) is 3.54. The second-order valence-corrected chi connectivity index (χ2v) is 6.76. The van der Waals surface area contributed by atoms with E-state index in [0.717, 1.165) is 18.5 Å². The first kappa shape index (κ1) is 13.9. The molecule has 2 heteroatoms. The summed E-state index contributed by atoms with van der Waals surface area (Å²) in [6, 6.07) is 9.62. The fourth-order valence-corrected chi connectivity index (χ4v) is 4.09. The summed E-state index contributed by atoms with van der Waals surface area (Å²) in [6.45, 7) is 4.79. The van der Waals surface area contributed by atoms with Crippen LogP contribution in [0.3, 0.4) is 0 Å². The van der Waals surface area contributed by atoms with E-state index in [9.17, 15) is 0 Å². The van der Waals surface area contributed by atoms with E-state index in [1.54, 1.807) is 0 Å². The van der Waals surface area contributed by atoms with Crippen molar-refractivity contribution >= 4 is 5.69 Å². The zero-order valence-corrected chi connectivity index (χ0v) is 12.9. The van der Waals surface area contributed by atoms with Gasteiger partial charge in [0.25, 0.3) is 0 Å². The normalized spacial score (nSPS) is 29.2. The first-order chi connectivity index (χ1) is 9.75. The van der Waals surface area contributed by atoms with Gasteiger partial charge < -0.3 is 10.2 Å². The van der Waals surface area contributed by atoms with E-state index < -0.39 is 0 Å². The number of benzene rings is 1. The van der Waals surface area contributed by atoms with E-state index in [1.807, 2.05) is 0 Å². The molecule has 1 aliphatic carbocycles. The van der Waals surface area contributed by atoms with Crippen LogP contribution in [-0.4, -0.2) is 31.1 Å². The standard InChI is InChI=1S/C18H28N2/c1-14-7-3-6-10-18(14)20(2)12-11-15-13-19-17-9-5-4-8-16(15)17/h4-5,8-9,14-15,18-19H,3,6-7,10-13H2,1-2H3. The molecule has 0 saturated heterocycles. The fraction of sp³-hybridized carbons (Fsp3) is 0.667. The third-order valence-corrected chi connectivity index (χ3v) is 5.40. The fourth-order valence-electron chi connectivity index (χ4n) is 4.09. The molecule has 1 N–H and O–H groups in total. The van der Waals surface area contributed by atoms with Gasteiger partial charge in [-0.2, -0.15) is 0 Å². The van der Waals surface area contributed by atoms with Gasteiger partial charge in [-0.3, -0.25) is 0 Å². The van der Waals surface area contributed by atoms with E-state index in [-0.39, 0.29) is 0 Å². The van der Waals surface area contributed by atoms with Gasteiger partial charge in [0, 0.05) is 24.2 Å². The van der Waals surface area contributed by atoms with Gasteiger partial charge in [-0.25, -0.2) is 0 Å². The van der Waals surface area contributed by atoms with Crippen molar-refractivity contribution in [2.45, 2.75) is 51.0 Å². The molecule has 1 aliphatic heterocycles. The summed E-state index contributed by atoms with van der Waals surface area (Å²) in [4.78, 5) is 2.63. The van der Waals surface area contributed by atoms with Crippen molar-refractivity contribution in [3.63, 3.8) is 0 Å². The maximum atomic E-state index is 3.54. The van der Waals surface area contributed by atoms with Crippen molar-refractivity contribution in [1.29, 1.82) is 0 Å². The van der Waals surface area contributed by atoms with Crippen molar-refractivity contribution in [2.75, 3.05) is 25.5 Å². The van der Waals surface area contributed by atoms with Gasteiger partial charge in [0.15, 0.2) is 0 Å². The number of nitrogens with zero attached hydrogens (tertiary/aromatic N) is 1. The van der Waals surface area contributed by atoms with Gasteiger partial charge in [-0.1, -0.05) is 38.0 Å². The Labute approximate surface area is 123 Å². The topological polar surface area (TPSA) is 15.3 Å². The molecule has 0 bridgehead atoms. The number of rotatable bonds is 4. The van der Waals surface area contributed by atoms with E-state index >= 15 is 0 Å². The predicted molar refractivity (Wildman–Crippen MR) is 86.3 cm³/mol. The number of anilines is 1.